The van der Waals surface area contributed by atoms with Crippen molar-refractivity contribution in [1.82, 2.24) is 29.9 Å². The maximum Gasteiger partial charge on any atom is 0.387 e. The van der Waals surface area contributed by atoms with Crippen LogP contribution in [0.15, 0.2) is 59.1 Å². The minimum absolute atomic E-state index is 0.0378. The standard InChI is InChI=1S/C32H28F4N6O8S2/c1-45-23-5-7-37-21(27(23)47-3)13-51(43)31-39-17-9-15(25(49-29(33)34)11-19(17)41-31)16-10-18-20(12-26(16)50-30(35)36)42-32(40-18)52(44)14-22-28(48-4)24(46-2)6-8-38-22/h5-12,29-30H,13-14H2,1-4H3,(H,39,41)(H,40,42). The molecule has 6 aromatic rings. The molecule has 6 rings (SSSR count). The van der Waals surface area contributed by atoms with E-state index in [0.29, 0.717) is 22.9 Å². The van der Waals surface area contributed by atoms with Crippen molar-refractivity contribution in [3.05, 3.63) is 60.2 Å². The lowest BCUT2D eigenvalue weighted by atomic mass is 10.0. The van der Waals surface area contributed by atoms with Gasteiger partial charge in [-0.25, -0.2) is 0 Å². The van der Waals surface area contributed by atoms with Gasteiger partial charge in [-0.2, -0.15) is 27.5 Å². The molecule has 0 radical (unpaired) electrons. The highest BCUT2D eigenvalue weighted by molar-refractivity contribution is 7.90. The number of methoxy groups -OCH3 is 4. The quantitative estimate of drug-likeness (QED) is 0.0955. The molecule has 2 unspecified atom stereocenters. The summed E-state index contributed by atoms with van der Waals surface area (Å²) in [5.74, 6) is 0.0945. The normalized spacial score (nSPS) is 12.8. The Labute approximate surface area is 298 Å². The lowest BCUT2D eigenvalue weighted by molar-refractivity contribution is -0.0512. The number of nitrogens with one attached hydrogen (secondary N) is 2. The van der Waals surface area contributed by atoms with Crippen LogP contribution in [0.3, 0.4) is 0 Å². The lowest BCUT2D eigenvalue weighted by Crippen LogP contribution is -2.10. The molecule has 4 heterocycles. The van der Waals surface area contributed by atoms with Crippen LogP contribution in [0.25, 0.3) is 33.2 Å². The number of hydrogen-bond acceptors (Lipinski definition) is 12. The van der Waals surface area contributed by atoms with E-state index in [4.69, 9.17) is 28.4 Å². The zero-order valence-corrected chi connectivity index (χ0v) is 29.2. The Morgan fingerprint density at radius 1 is 0.615 bits per heavy atom. The molecule has 0 saturated heterocycles. The lowest BCUT2D eigenvalue weighted by Gasteiger charge is -2.15. The van der Waals surface area contributed by atoms with Crippen molar-refractivity contribution in [2.45, 2.75) is 35.0 Å². The number of rotatable bonds is 15. The first-order valence-corrected chi connectivity index (χ1v) is 17.5. The topological polar surface area (TPSA) is 185 Å². The number of alkyl halides is 4. The van der Waals surface area contributed by atoms with Crippen molar-refractivity contribution in [3.8, 4) is 45.6 Å². The van der Waals surface area contributed by atoms with Gasteiger partial charge in [-0.1, -0.05) is 0 Å². The summed E-state index contributed by atoms with van der Waals surface area (Å²) in [5.41, 5.74) is 1.00. The molecule has 0 fully saturated rings. The molecule has 0 aliphatic rings. The summed E-state index contributed by atoms with van der Waals surface area (Å²) >= 11 is -3.70. The predicted octanol–water partition coefficient (Wildman–Crippen LogP) is 5.75. The second-order valence-corrected chi connectivity index (χ2v) is 13.3. The average molecular weight is 765 g/mol. The molecule has 2 aromatic carbocycles. The van der Waals surface area contributed by atoms with Crippen LogP contribution in [0, 0.1) is 0 Å². The molecule has 0 saturated carbocycles. The zero-order chi connectivity index (χ0) is 37.1. The molecular formula is C32H28F4N6O8S2. The van der Waals surface area contributed by atoms with Crippen molar-refractivity contribution < 1.29 is 55.1 Å². The van der Waals surface area contributed by atoms with E-state index in [-0.39, 0.29) is 66.5 Å². The van der Waals surface area contributed by atoms with Crippen LogP contribution >= 0.6 is 0 Å². The first-order valence-electron chi connectivity index (χ1n) is 14.9. The number of halogens is 4. The van der Waals surface area contributed by atoms with Crippen LogP contribution in [0.4, 0.5) is 17.6 Å². The average Bonchev–Trinajstić information content (AvgIpc) is 3.74. The SMILES string of the molecule is COc1ccnc(C[S+]([O-])c2nc3cc(OC(F)F)c(-c4cc5[nH]c([S+]([O-])Cc6nccc(OC)c6OC)nc5cc4OC(F)F)cc3[nH]2)c1OC. The van der Waals surface area contributed by atoms with E-state index >= 15 is 0 Å². The smallest absolute Gasteiger partial charge is 0.387 e. The second-order valence-electron chi connectivity index (χ2n) is 10.5. The Bertz CT molecular complexity index is 2050. The molecule has 274 valence electrons. The van der Waals surface area contributed by atoms with Gasteiger partial charge in [-0.15, -0.1) is 0 Å². The van der Waals surface area contributed by atoms with E-state index in [0.717, 1.165) is 12.1 Å². The van der Waals surface area contributed by atoms with Crippen molar-refractivity contribution >= 4 is 44.4 Å². The van der Waals surface area contributed by atoms with Gasteiger partial charge >= 0.3 is 23.5 Å². The molecule has 0 aliphatic heterocycles. The molecule has 14 nitrogen and oxygen atoms in total. The molecule has 2 atom stereocenters. The summed E-state index contributed by atoms with van der Waals surface area (Å²) in [6, 6.07) is 8.08. The van der Waals surface area contributed by atoms with Crippen molar-refractivity contribution in [1.29, 1.82) is 0 Å². The van der Waals surface area contributed by atoms with Gasteiger partial charge in [0.25, 0.3) is 0 Å². The number of hydrogen-bond donors (Lipinski definition) is 2. The molecule has 20 heteroatoms. The van der Waals surface area contributed by atoms with E-state index in [2.05, 4.69) is 29.9 Å². The number of ether oxygens (including phenoxy) is 6. The molecule has 52 heavy (non-hydrogen) atoms. The summed E-state index contributed by atoms with van der Waals surface area (Å²) < 4.78 is 113. The van der Waals surface area contributed by atoms with E-state index < -0.39 is 47.1 Å². The van der Waals surface area contributed by atoms with Gasteiger partial charge < -0.3 is 37.5 Å². The highest BCUT2D eigenvalue weighted by Gasteiger charge is 2.27. The van der Waals surface area contributed by atoms with Crippen molar-refractivity contribution in [2.75, 3.05) is 28.4 Å². The second kappa shape index (κ2) is 15.6. The Morgan fingerprint density at radius 3 is 1.37 bits per heavy atom. The first kappa shape index (κ1) is 36.6. The van der Waals surface area contributed by atoms with E-state index in [1.807, 2.05) is 0 Å². The number of pyridine rings is 2. The zero-order valence-electron chi connectivity index (χ0n) is 27.6. The Balaban J connectivity index is 1.40. The minimum Gasteiger partial charge on any atom is -0.609 e. The highest BCUT2D eigenvalue weighted by atomic mass is 32.2. The number of fused-ring (bicyclic) bond motifs is 2. The summed E-state index contributed by atoms with van der Waals surface area (Å²) in [6.45, 7) is -6.64. The summed E-state index contributed by atoms with van der Waals surface area (Å²) in [7, 11) is 5.69. The number of imidazole rings is 2. The third-order valence-electron chi connectivity index (χ3n) is 7.54. The maximum atomic E-state index is 13.7. The van der Waals surface area contributed by atoms with Gasteiger partial charge in [-0.3, -0.25) is 19.9 Å². The van der Waals surface area contributed by atoms with Gasteiger partial charge in [0.1, 0.15) is 22.9 Å². The number of benzene rings is 2. The molecule has 0 aliphatic carbocycles. The fourth-order valence-electron chi connectivity index (χ4n) is 5.34. The summed E-state index contributed by atoms with van der Waals surface area (Å²) in [6.07, 6.45) is 2.91. The minimum atomic E-state index is -3.32. The largest absolute Gasteiger partial charge is 0.609 e. The maximum absolute atomic E-state index is 13.7. The fourth-order valence-corrected chi connectivity index (χ4v) is 7.37. The third-order valence-corrected chi connectivity index (χ3v) is 9.87. The summed E-state index contributed by atoms with van der Waals surface area (Å²) in [4.78, 5) is 22.9. The molecule has 0 amide bonds. The Morgan fingerprint density at radius 2 is 1.02 bits per heavy atom. The molecular weight excluding hydrogens is 737 g/mol. The Hall–Kier alpha value is -5.18. The van der Waals surface area contributed by atoms with Gasteiger partial charge in [-0.05, 0) is 12.1 Å². The third kappa shape index (κ3) is 7.54. The van der Waals surface area contributed by atoms with Gasteiger partial charge in [0.05, 0.1) is 50.5 Å². The molecule has 0 spiro atoms. The van der Waals surface area contributed by atoms with Gasteiger partial charge in [0, 0.05) is 70.1 Å². The van der Waals surface area contributed by atoms with Crippen molar-refractivity contribution in [2.24, 2.45) is 0 Å². The van der Waals surface area contributed by atoms with Gasteiger partial charge in [0.2, 0.25) is 0 Å². The van der Waals surface area contributed by atoms with Crippen LogP contribution in [0.1, 0.15) is 11.4 Å². The number of H-pyrrole nitrogens is 2. The number of aromatic nitrogens is 6. The van der Waals surface area contributed by atoms with E-state index in [1.54, 1.807) is 12.1 Å². The first-order chi connectivity index (χ1) is 25.0. The fraction of sp³-hybridized carbons (Fsp3) is 0.250. The van der Waals surface area contributed by atoms with Crippen LogP contribution in [-0.2, 0) is 33.9 Å². The predicted molar refractivity (Wildman–Crippen MR) is 179 cm³/mol. The van der Waals surface area contributed by atoms with E-state index in [9.17, 15) is 26.7 Å². The number of aromatic amines is 2. The molecule has 0 bridgehead atoms. The van der Waals surface area contributed by atoms with Crippen LogP contribution in [0.2, 0.25) is 0 Å². The van der Waals surface area contributed by atoms with Crippen LogP contribution in [0.5, 0.6) is 34.5 Å². The number of nitrogens with zero attached hydrogens (tertiary/aromatic N) is 4. The monoisotopic (exact) mass is 764 g/mol. The van der Waals surface area contributed by atoms with Crippen molar-refractivity contribution in [3.63, 3.8) is 0 Å². The highest BCUT2D eigenvalue weighted by Crippen LogP contribution is 2.42. The molecule has 4 aromatic heterocycles. The van der Waals surface area contributed by atoms with E-state index in [1.165, 1.54) is 53.0 Å². The van der Waals surface area contributed by atoms with Crippen LogP contribution in [-0.4, -0.2) is 80.7 Å². The van der Waals surface area contributed by atoms with Gasteiger partial charge in [0.15, 0.2) is 34.5 Å². The summed E-state index contributed by atoms with van der Waals surface area (Å²) in [5, 5.41) is -0.0756. The molecule has 2 N–H and O–H groups in total. The Kier molecular flexibility index (Phi) is 11.0. The van der Waals surface area contributed by atoms with Crippen LogP contribution < -0.4 is 28.4 Å².